The van der Waals surface area contributed by atoms with E-state index < -0.39 is 5.97 Å². The first-order valence-corrected chi connectivity index (χ1v) is 15.4. The fourth-order valence-corrected chi connectivity index (χ4v) is 6.50. The van der Waals surface area contributed by atoms with Gasteiger partial charge in [-0.1, -0.05) is 109 Å². The van der Waals surface area contributed by atoms with Crippen LogP contribution in [0.25, 0.3) is 66.4 Å². The number of carbonyl (C=O) groups is 1. The van der Waals surface area contributed by atoms with Crippen molar-refractivity contribution in [1.82, 2.24) is 0 Å². The Hall–Kier alpha value is -6.00. The summed E-state index contributed by atoms with van der Waals surface area (Å²) in [5, 5.41) is 9.33. The maximum Gasteiger partial charge on any atom is 0.363 e. The van der Waals surface area contributed by atoms with E-state index in [9.17, 15) is 4.79 Å². The number of fused-ring (bicyclic) bond motifs is 5. The van der Waals surface area contributed by atoms with Crippen molar-refractivity contribution < 1.29 is 9.53 Å². The van der Waals surface area contributed by atoms with Crippen molar-refractivity contribution in [3.8, 4) is 11.1 Å². The number of nitrogens with zero attached hydrogens (tertiary/aromatic N) is 2. The van der Waals surface area contributed by atoms with Crippen LogP contribution >= 0.6 is 0 Å². The number of benzene rings is 7. The maximum atomic E-state index is 13.1. The molecular weight excluding hydrogens is 564 g/mol. The Morgan fingerprint density at radius 3 is 2.17 bits per heavy atom. The van der Waals surface area contributed by atoms with E-state index in [1.54, 1.807) is 6.08 Å². The number of esters is 1. The van der Waals surface area contributed by atoms with Crippen molar-refractivity contribution in [1.29, 1.82) is 0 Å². The molecule has 0 saturated heterocycles. The molecule has 7 aromatic rings. The van der Waals surface area contributed by atoms with Crippen LogP contribution in [0.15, 0.2) is 144 Å². The summed E-state index contributed by atoms with van der Waals surface area (Å²) in [6, 6.07) is 44.6. The number of hydrogen-bond donors (Lipinski definition) is 0. The summed E-state index contributed by atoms with van der Waals surface area (Å²) in [5.41, 5.74) is 5.59. The third kappa shape index (κ3) is 4.81. The van der Waals surface area contributed by atoms with Gasteiger partial charge in [-0.25, -0.2) is 9.79 Å². The molecule has 0 atom stereocenters. The molecule has 0 fully saturated rings. The zero-order valence-electron chi connectivity index (χ0n) is 25.6. The highest BCUT2D eigenvalue weighted by Gasteiger charge is 2.23. The number of carbonyl (C=O) groups excluding carboxylic acids is 1. The summed E-state index contributed by atoms with van der Waals surface area (Å²) in [4.78, 5) is 19.7. The molecule has 0 aliphatic carbocycles. The van der Waals surface area contributed by atoms with Crippen LogP contribution in [0.1, 0.15) is 11.1 Å². The molecule has 1 aliphatic heterocycles. The molecule has 8 rings (SSSR count). The normalized spacial score (nSPS) is 14.2. The minimum atomic E-state index is -0.460. The lowest BCUT2D eigenvalue weighted by Crippen LogP contribution is -2.07. The molecule has 0 amide bonds. The van der Waals surface area contributed by atoms with Gasteiger partial charge in [0.15, 0.2) is 5.70 Å². The van der Waals surface area contributed by atoms with Crippen molar-refractivity contribution in [3.63, 3.8) is 0 Å². The van der Waals surface area contributed by atoms with Gasteiger partial charge >= 0.3 is 5.97 Å². The number of ether oxygens (including phenoxy) is 1. The fraction of sp³-hybridized carbons (Fsp3) is 0.0476. The molecule has 0 aromatic heterocycles. The molecule has 0 N–H and O–H groups in total. The number of rotatable bonds is 5. The molecule has 4 heteroatoms. The molecule has 7 aromatic carbocycles. The van der Waals surface area contributed by atoms with Crippen molar-refractivity contribution in [2.45, 2.75) is 0 Å². The number of aliphatic imine (C=N–C) groups is 1. The smallest absolute Gasteiger partial charge is 0.363 e. The van der Waals surface area contributed by atoms with Gasteiger partial charge in [-0.15, -0.1) is 0 Å². The average molecular weight is 595 g/mol. The molecule has 0 spiro atoms. The van der Waals surface area contributed by atoms with E-state index in [2.05, 4.69) is 107 Å². The van der Waals surface area contributed by atoms with Crippen LogP contribution in [0.2, 0.25) is 0 Å². The summed E-state index contributed by atoms with van der Waals surface area (Å²) in [6.07, 6.45) is 5.50. The minimum Gasteiger partial charge on any atom is -0.403 e. The van der Waals surface area contributed by atoms with Crippen molar-refractivity contribution in [3.05, 3.63) is 150 Å². The Morgan fingerprint density at radius 2 is 1.35 bits per heavy atom. The number of hydrogen-bond acceptors (Lipinski definition) is 4. The van der Waals surface area contributed by atoms with Gasteiger partial charge in [-0.2, -0.15) is 0 Å². The Kier molecular flexibility index (Phi) is 6.69. The third-order valence-corrected chi connectivity index (χ3v) is 8.73. The topological polar surface area (TPSA) is 41.9 Å². The molecule has 220 valence electrons. The van der Waals surface area contributed by atoms with Gasteiger partial charge in [0.25, 0.3) is 0 Å². The summed E-state index contributed by atoms with van der Waals surface area (Å²) >= 11 is 0. The van der Waals surface area contributed by atoms with Crippen LogP contribution in [0, 0.1) is 0 Å². The second kappa shape index (κ2) is 11.2. The van der Waals surface area contributed by atoms with E-state index in [-0.39, 0.29) is 11.6 Å². The first-order valence-electron chi connectivity index (χ1n) is 15.4. The maximum absolute atomic E-state index is 13.1. The quantitative estimate of drug-likeness (QED) is 0.0862. The molecule has 1 heterocycles. The van der Waals surface area contributed by atoms with Crippen LogP contribution in [0.4, 0.5) is 5.69 Å². The predicted octanol–water partition coefficient (Wildman–Crippen LogP) is 10.0. The van der Waals surface area contributed by atoms with Gasteiger partial charge in [0.1, 0.15) is 0 Å². The Bertz CT molecular complexity index is 2430. The van der Waals surface area contributed by atoms with Crippen LogP contribution in [-0.2, 0) is 9.53 Å². The average Bonchev–Trinajstić information content (AvgIpc) is 3.44. The van der Waals surface area contributed by atoms with E-state index in [4.69, 9.17) is 4.74 Å². The lowest BCUT2D eigenvalue weighted by Gasteiger charge is -2.17. The molecular formula is C42H30N2O2. The molecule has 0 unspecified atom stereocenters. The Balaban J connectivity index is 1.30. The number of anilines is 1. The molecule has 0 radical (unpaired) electrons. The summed E-state index contributed by atoms with van der Waals surface area (Å²) in [5.74, 6) is -0.182. The third-order valence-electron chi connectivity index (χ3n) is 8.73. The minimum absolute atomic E-state index is 0.276. The summed E-state index contributed by atoms with van der Waals surface area (Å²) in [7, 11) is 4.02. The SMILES string of the molecule is CN(C)c1ccc(/C=C/C2=NC(=C\c3cccc4cc5ccccc5c(-c5cccc6c5ccc5ccccc56)c34)/C(=O)O2)cc1. The Labute approximate surface area is 267 Å². The zero-order chi connectivity index (χ0) is 31.2. The highest BCUT2D eigenvalue weighted by atomic mass is 16.6. The monoisotopic (exact) mass is 594 g/mol. The van der Waals surface area contributed by atoms with Crippen molar-refractivity contribution in [2.24, 2.45) is 4.99 Å². The van der Waals surface area contributed by atoms with E-state index in [0.717, 1.165) is 49.5 Å². The molecule has 46 heavy (non-hydrogen) atoms. The Morgan fingerprint density at radius 1 is 0.630 bits per heavy atom. The van der Waals surface area contributed by atoms with E-state index >= 15 is 0 Å². The summed E-state index contributed by atoms with van der Waals surface area (Å²) < 4.78 is 5.57. The lowest BCUT2D eigenvalue weighted by atomic mass is 9.86. The molecule has 0 saturated carbocycles. The van der Waals surface area contributed by atoms with Gasteiger partial charge in [-0.3, -0.25) is 0 Å². The standard InChI is InChI=1S/C42H30N2O2/c1-44(2)32-21-17-27(18-22-32)19-24-39-43-38(42(45)46-39)26-31-12-7-11-30-25-29-10-4-6-14-34(29)41(40(30)31)37-16-8-15-35-33-13-5-3-9-28(33)20-23-36(35)37/h3-26H,1-2H3/b24-19+,38-26-. The zero-order valence-corrected chi connectivity index (χ0v) is 25.6. The first-order chi connectivity index (χ1) is 22.5. The molecule has 1 aliphatic rings. The van der Waals surface area contributed by atoms with Crippen molar-refractivity contribution in [2.75, 3.05) is 19.0 Å². The summed E-state index contributed by atoms with van der Waals surface area (Å²) in [6.45, 7) is 0. The van der Waals surface area contributed by atoms with E-state index in [0.29, 0.717) is 0 Å². The highest BCUT2D eigenvalue weighted by molar-refractivity contribution is 6.22. The van der Waals surface area contributed by atoms with Crippen LogP contribution < -0.4 is 4.90 Å². The van der Waals surface area contributed by atoms with E-state index in [1.165, 1.54) is 21.5 Å². The van der Waals surface area contributed by atoms with Gasteiger partial charge in [0.05, 0.1) is 0 Å². The van der Waals surface area contributed by atoms with Gasteiger partial charge < -0.3 is 9.64 Å². The van der Waals surface area contributed by atoms with Crippen LogP contribution in [0.3, 0.4) is 0 Å². The lowest BCUT2D eigenvalue weighted by molar-refractivity contribution is -0.129. The van der Waals surface area contributed by atoms with Gasteiger partial charge in [-0.05, 0) is 95.7 Å². The van der Waals surface area contributed by atoms with Crippen molar-refractivity contribution >= 4 is 72.8 Å². The van der Waals surface area contributed by atoms with Crippen LogP contribution in [0.5, 0.6) is 0 Å². The second-order valence-corrected chi connectivity index (χ2v) is 11.8. The molecule has 0 bridgehead atoms. The number of cyclic esters (lactones) is 1. The first kappa shape index (κ1) is 27.5. The van der Waals surface area contributed by atoms with E-state index in [1.807, 2.05) is 56.6 Å². The van der Waals surface area contributed by atoms with Gasteiger partial charge in [0.2, 0.25) is 5.90 Å². The molecule has 4 nitrogen and oxygen atoms in total. The van der Waals surface area contributed by atoms with Gasteiger partial charge in [0, 0.05) is 25.9 Å². The van der Waals surface area contributed by atoms with Crippen LogP contribution in [-0.4, -0.2) is 26.0 Å². The highest BCUT2D eigenvalue weighted by Crippen LogP contribution is 2.42. The fourth-order valence-electron chi connectivity index (χ4n) is 6.50. The second-order valence-electron chi connectivity index (χ2n) is 11.8. The largest absolute Gasteiger partial charge is 0.403 e. The predicted molar refractivity (Wildman–Crippen MR) is 193 cm³/mol.